The molecule has 6 nitrogen and oxygen atoms in total. The lowest BCUT2D eigenvalue weighted by Crippen LogP contribution is -2.28. The number of benzene rings is 1. The Balaban J connectivity index is 1.56. The number of carbonyl (C=O) groups excluding carboxylic acids is 1. The highest BCUT2D eigenvalue weighted by atomic mass is 16.5. The van der Waals surface area contributed by atoms with Gasteiger partial charge in [-0.15, -0.1) is 5.10 Å². The van der Waals surface area contributed by atoms with E-state index in [1.54, 1.807) is 10.7 Å². The maximum atomic E-state index is 12.3. The Morgan fingerprint density at radius 2 is 1.92 bits per heavy atom. The molecule has 0 spiro atoms. The van der Waals surface area contributed by atoms with Crippen molar-refractivity contribution in [1.82, 2.24) is 14.6 Å². The quantitative estimate of drug-likeness (QED) is 0.805. The summed E-state index contributed by atoms with van der Waals surface area (Å²) in [6.45, 7) is 1.31. The van der Waals surface area contributed by atoms with Gasteiger partial charge in [-0.3, -0.25) is 4.79 Å². The number of fused-ring (bicyclic) bond motifs is 1. The third-order valence-electron chi connectivity index (χ3n) is 4.22. The molecule has 1 N–H and O–H groups in total. The number of anilines is 1. The molecule has 1 aromatic carbocycles. The van der Waals surface area contributed by atoms with Gasteiger partial charge >= 0.3 is 0 Å². The fraction of sp³-hybridized carbons (Fsp3) is 0.278. The van der Waals surface area contributed by atoms with Crippen LogP contribution in [0.3, 0.4) is 0 Å². The lowest BCUT2D eigenvalue weighted by Gasteiger charge is -2.21. The first-order valence-electron chi connectivity index (χ1n) is 8.10. The van der Waals surface area contributed by atoms with Gasteiger partial charge in [0.25, 0.3) is 0 Å². The molecule has 24 heavy (non-hydrogen) atoms. The second-order valence-corrected chi connectivity index (χ2v) is 5.90. The Labute approximate surface area is 139 Å². The average molecular weight is 322 g/mol. The van der Waals surface area contributed by atoms with E-state index in [9.17, 15) is 4.79 Å². The van der Waals surface area contributed by atoms with Gasteiger partial charge in [0, 0.05) is 24.7 Å². The Bertz CT molecular complexity index is 854. The van der Waals surface area contributed by atoms with E-state index in [4.69, 9.17) is 4.74 Å². The van der Waals surface area contributed by atoms with E-state index in [2.05, 4.69) is 15.4 Å². The molecule has 3 heterocycles. The third-order valence-corrected chi connectivity index (χ3v) is 4.22. The molecule has 1 saturated heterocycles. The minimum atomic E-state index is 0.0186. The van der Waals surface area contributed by atoms with Crippen molar-refractivity contribution in [1.29, 1.82) is 0 Å². The van der Waals surface area contributed by atoms with Crippen molar-refractivity contribution in [2.45, 2.75) is 12.8 Å². The zero-order chi connectivity index (χ0) is 16.4. The maximum Gasteiger partial charge on any atom is 0.227 e. The minimum Gasteiger partial charge on any atom is -0.381 e. The number of aromatic nitrogens is 3. The van der Waals surface area contributed by atoms with E-state index < -0.39 is 0 Å². The van der Waals surface area contributed by atoms with Crippen LogP contribution >= 0.6 is 0 Å². The fourth-order valence-electron chi connectivity index (χ4n) is 2.87. The molecule has 0 saturated carbocycles. The Morgan fingerprint density at radius 1 is 1.12 bits per heavy atom. The van der Waals surface area contributed by atoms with Crippen LogP contribution in [0.1, 0.15) is 12.8 Å². The molecule has 0 bridgehead atoms. The van der Waals surface area contributed by atoms with Crippen molar-refractivity contribution >= 4 is 17.2 Å². The molecule has 1 amide bonds. The molecule has 1 aliphatic heterocycles. The molecule has 4 rings (SSSR count). The monoisotopic (exact) mass is 322 g/mol. The van der Waals surface area contributed by atoms with Crippen LogP contribution in [-0.2, 0) is 9.53 Å². The van der Waals surface area contributed by atoms with Crippen molar-refractivity contribution in [2.75, 3.05) is 18.5 Å². The summed E-state index contributed by atoms with van der Waals surface area (Å²) < 4.78 is 7.00. The zero-order valence-corrected chi connectivity index (χ0v) is 13.2. The van der Waals surface area contributed by atoms with Gasteiger partial charge in [-0.1, -0.05) is 30.3 Å². The molecule has 0 aliphatic carbocycles. The lowest BCUT2D eigenvalue weighted by molar-refractivity contribution is -0.122. The smallest absolute Gasteiger partial charge is 0.227 e. The molecule has 6 heteroatoms. The Morgan fingerprint density at radius 3 is 2.71 bits per heavy atom. The molecule has 0 atom stereocenters. The van der Waals surface area contributed by atoms with Crippen LogP contribution in [0, 0.1) is 5.92 Å². The van der Waals surface area contributed by atoms with Crippen LogP contribution < -0.4 is 5.32 Å². The first kappa shape index (κ1) is 14.8. The van der Waals surface area contributed by atoms with Gasteiger partial charge in [-0.2, -0.15) is 0 Å². The van der Waals surface area contributed by atoms with Gasteiger partial charge < -0.3 is 10.1 Å². The zero-order valence-electron chi connectivity index (χ0n) is 13.2. The van der Waals surface area contributed by atoms with Crippen molar-refractivity contribution in [3.63, 3.8) is 0 Å². The Hall–Kier alpha value is -2.73. The van der Waals surface area contributed by atoms with E-state index in [-0.39, 0.29) is 11.8 Å². The molecule has 1 aliphatic rings. The van der Waals surface area contributed by atoms with E-state index in [1.165, 1.54) is 0 Å². The number of carbonyl (C=O) groups is 1. The molecule has 122 valence electrons. The predicted molar refractivity (Wildman–Crippen MR) is 90.6 cm³/mol. The largest absolute Gasteiger partial charge is 0.381 e. The van der Waals surface area contributed by atoms with E-state index in [0.29, 0.717) is 19.0 Å². The van der Waals surface area contributed by atoms with Crippen LogP contribution in [0.4, 0.5) is 5.69 Å². The molecule has 1 fully saturated rings. The van der Waals surface area contributed by atoms with E-state index >= 15 is 0 Å². The maximum absolute atomic E-state index is 12.3. The van der Waals surface area contributed by atoms with Crippen molar-refractivity contribution in [3.05, 3.63) is 48.7 Å². The van der Waals surface area contributed by atoms with Gasteiger partial charge in [0.05, 0.1) is 11.9 Å². The topological polar surface area (TPSA) is 68.5 Å². The van der Waals surface area contributed by atoms with Crippen LogP contribution in [0.25, 0.3) is 17.0 Å². The van der Waals surface area contributed by atoms with Gasteiger partial charge in [0.2, 0.25) is 5.91 Å². The summed E-state index contributed by atoms with van der Waals surface area (Å²) in [6.07, 6.45) is 3.34. The average Bonchev–Trinajstić information content (AvgIpc) is 3.06. The summed E-state index contributed by atoms with van der Waals surface area (Å²) in [7, 11) is 0. The molecule has 0 radical (unpaired) electrons. The highest BCUT2D eigenvalue weighted by Gasteiger charge is 2.21. The number of nitrogens with zero attached hydrogens (tertiary/aromatic N) is 3. The summed E-state index contributed by atoms with van der Waals surface area (Å²) in [5.41, 5.74) is 2.44. The van der Waals surface area contributed by atoms with Gasteiger partial charge in [0.15, 0.2) is 11.5 Å². The standard InChI is InChI=1S/C18H18N4O2/c23-18(14-8-10-24-11-9-14)19-15-6-7-16-20-17(21-22(16)12-15)13-4-2-1-3-5-13/h1-7,12,14H,8-11H2,(H,19,23). The van der Waals surface area contributed by atoms with Crippen molar-refractivity contribution in [2.24, 2.45) is 5.92 Å². The van der Waals surface area contributed by atoms with Gasteiger partial charge in [-0.25, -0.2) is 9.50 Å². The summed E-state index contributed by atoms with van der Waals surface area (Å²) >= 11 is 0. The van der Waals surface area contributed by atoms with Crippen LogP contribution in [-0.4, -0.2) is 33.7 Å². The fourth-order valence-corrected chi connectivity index (χ4v) is 2.87. The van der Waals surface area contributed by atoms with Crippen molar-refractivity contribution < 1.29 is 9.53 Å². The first-order valence-corrected chi connectivity index (χ1v) is 8.10. The van der Waals surface area contributed by atoms with E-state index in [1.807, 2.05) is 42.5 Å². The predicted octanol–water partition coefficient (Wildman–Crippen LogP) is 2.76. The minimum absolute atomic E-state index is 0.0186. The Kier molecular flexibility index (Phi) is 3.96. The number of ether oxygens (including phenoxy) is 1. The number of nitrogens with one attached hydrogen (secondary N) is 1. The number of pyridine rings is 1. The molecule has 3 aromatic rings. The summed E-state index contributed by atoms with van der Waals surface area (Å²) in [5, 5.41) is 7.47. The lowest BCUT2D eigenvalue weighted by atomic mass is 9.99. The van der Waals surface area contributed by atoms with Crippen molar-refractivity contribution in [3.8, 4) is 11.4 Å². The second-order valence-electron chi connectivity index (χ2n) is 5.90. The molecule has 0 unspecified atom stereocenters. The highest BCUT2D eigenvalue weighted by Crippen LogP contribution is 2.19. The first-order chi connectivity index (χ1) is 11.8. The van der Waals surface area contributed by atoms with Crippen LogP contribution in [0.2, 0.25) is 0 Å². The second kappa shape index (κ2) is 6.41. The number of hydrogen-bond donors (Lipinski definition) is 1. The highest BCUT2D eigenvalue weighted by molar-refractivity contribution is 5.92. The number of amides is 1. The molecular formula is C18H18N4O2. The van der Waals surface area contributed by atoms with Crippen LogP contribution in [0.15, 0.2) is 48.7 Å². The van der Waals surface area contributed by atoms with Crippen LogP contribution in [0.5, 0.6) is 0 Å². The number of hydrogen-bond acceptors (Lipinski definition) is 4. The summed E-state index contributed by atoms with van der Waals surface area (Å²) in [4.78, 5) is 16.8. The van der Waals surface area contributed by atoms with Gasteiger partial charge in [-0.05, 0) is 25.0 Å². The van der Waals surface area contributed by atoms with Gasteiger partial charge in [0.1, 0.15) is 0 Å². The summed E-state index contributed by atoms with van der Waals surface area (Å²) in [6, 6.07) is 13.5. The molecular weight excluding hydrogens is 304 g/mol. The van der Waals surface area contributed by atoms with E-state index in [0.717, 1.165) is 29.7 Å². The number of rotatable bonds is 3. The summed E-state index contributed by atoms with van der Waals surface area (Å²) in [5.74, 6) is 0.731. The third kappa shape index (κ3) is 3.00. The molecule has 2 aromatic heterocycles. The normalized spacial score (nSPS) is 15.5. The SMILES string of the molecule is O=C(Nc1ccc2nc(-c3ccccc3)nn2c1)C1CCOCC1.